The zero-order chi connectivity index (χ0) is 14.8. The lowest BCUT2D eigenvalue weighted by Gasteiger charge is -2.25. The molecule has 21 heavy (non-hydrogen) atoms. The van der Waals surface area contributed by atoms with E-state index in [2.05, 4.69) is 15.2 Å². The quantitative estimate of drug-likeness (QED) is 0.586. The molecule has 1 aliphatic carbocycles. The molecule has 6 heteroatoms. The minimum atomic E-state index is -0.367. The number of guanidine groups is 1. The van der Waals surface area contributed by atoms with Crippen LogP contribution in [0.4, 0.5) is 10.1 Å². The molecule has 0 bridgehead atoms. The zero-order valence-corrected chi connectivity index (χ0v) is 11.8. The van der Waals surface area contributed by atoms with E-state index in [0.717, 1.165) is 13.1 Å². The Morgan fingerprint density at radius 2 is 2.00 bits per heavy atom. The maximum Gasteiger partial charge on any atom is 0.193 e. The second-order valence-electron chi connectivity index (χ2n) is 5.56. The van der Waals surface area contributed by atoms with E-state index < -0.39 is 0 Å². The molecule has 0 aromatic heterocycles. The van der Waals surface area contributed by atoms with Crippen LogP contribution in [0.2, 0.25) is 0 Å². The molecule has 0 radical (unpaired) electrons. The van der Waals surface area contributed by atoms with Crippen molar-refractivity contribution in [2.75, 3.05) is 18.4 Å². The Hall–Kier alpha value is -1.95. The van der Waals surface area contributed by atoms with E-state index >= 15 is 0 Å². The molecule has 0 spiro atoms. The second kappa shape index (κ2) is 5.81. The van der Waals surface area contributed by atoms with Crippen molar-refractivity contribution in [3.05, 3.63) is 30.1 Å². The van der Waals surface area contributed by atoms with Crippen molar-refractivity contribution in [3.8, 4) is 0 Å². The molecule has 2 atom stereocenters. The Morgan fingerprint density at radius 3 is 2.71 bits per heavy atom. The van der Waals surface area contributed by atoms with Gasteiger partial charge in [0.1, 0.15) is 11.9 Å². The minimum absolute atomic E-state index is 0.0891. The number of aliphatic imine (C=N–C) groups is 1. The zero-order valence-electron chi connectivity index (χ0n) is 11.8. The molecule has 2 unspecified atom stereocenters. The summed E-state index contributed by atoms with van der Waals surface area (Å²) in [5.74, 6) is -0.205. The number of anilines is 1. The van der Waals surface area contributed by atoms with Crippen molar-refractivity contribution in [2.24, 2.45) is 10.7 Å². The van der Waals surface area contributed by atoms with Gasteiger partial charge in [-0.15, -0.1) is 0 Å². The standard InChI is InChI=1S/C15H20FN5/c16-10-6-2-3-7-11(10)19-15(18)20-13-12(17)14(13)21-8-4-1-5-9-21/h2-3,6-7,13-14,17H,1,4-5,8-9H2,(H3,18,19,20). The Kier molecular flexibility index (Phi) is 3.88. The number of nitrogens with zero attached hydrogens (tertiary/aromatic N) is 2. The summed E-state index contributed by atoms with van der Waals surface area (Å²) in [6.45, 7) is 2.05. The number of piperidine rings is 1. The third-order valence-electron chi connectivity index (χ3n) is 4.03. The highest BCUT2D eigenvalue weighted by Gasteiger charge is 2.49. The van der Waals surface area contributed by atoms with E-state index in [-0.39, 0.29) is 23.9 Å². The summed E-state index contributed by atoms with van der Waals surface area (Å²) in [6, 6.07) is 6.24. The number of nitrogens with one attached hydrogen (secondary N) is 2. The lowest BCUT2D eigenvalue weighted by molar-refractivity contribution is 0.225. The van der Waals surface area contributed by atoms with Crippen molar-refractivity contribution in [3.63, 3.8) is 0 Å². The van der Waals surface area contributed by atoms with E-state index in [4.69, 9.17) is 11.1 Å². The molecule has 1 aromatic carbocycles. The predicted molar refractivity (Wildman–Crippen MR) is 82.4 cm³/mol. The maximum atomic E-state index is 13.5. The summed E-state index contributed by atoms with van der Waals surface area (Å²) >= 11 is 0. The van der Waals surface area contributed by atoms with Crippen molar-refractivity contribution in [1.29, 1.82) is 5.41 Å². The van der Waals surface area contributed by atoms with Crippen LogP contribution in [-0.4, -0.2) is 41.7 Å². The third kappa shape index (κ3) is 3.05. The molecule has 1 aliphatic heterocycles. The second-order valence-corrected chi connectivity index (χ2v) is 5.56. The Morgan fingerprint density at radius 1 is 1.29 bits per heavy atom. The number of hydrogen-bond acceptors (Lipinski definition) is 3. The van der Waals surface area contributed by atoms with Gasteiger partial charge in [-0.1, -0.05) is 18.6 Å². The number of nitrogens with two attached hydrogens (primary N) is 1. The number of benzene rings is 1. The molecule has 5 nitrogen and oxygen atoms in total. The van der Waals surface area contributed by atoms with Crippen LogP contribution < -0.4 is 11.1 Å². The average molecular weight is 289 g/mol. The first-order valence-electron chi connectivity index (χ1n) is 7.34. The number of likely N-dealkylation sites (tertiary alicyclic amines) is 1. The van der Waals surface area contributed by atoms with Crippen LogP contribution in [0.15, 0.2) is 29.3 Å². The molecule has 0 amide bonds. The first kappa shape index (κ1) is 14.0. The number of hydrogen-bond donors (Lipinski definition) is 3. The van der Waals surface area contributed by atoms with E-state index in [1.807, 2.05) is 0 Å². The number of para-hydroxylation sites is 1. The molecule has 4 N–H and O–H groups in total. The van der Waals surface area contributed by atoms with Gasteiger partial charge in [-0.05, 0) is 38.1 Å². The van der Waals surface area contributed by atoms with Gasteiger partial charge in [0.15, 0.2) is 5.96 Å². The molecular formula is C15H20FN5. The predicted octanol–water partition coefficient (Wildman–Crippen LogP) is 1.81. The Balaban J connectivity index is 1.63. The molecule has 2 aliphatic rings. The van der Waals surface area contributed by atoms with Gasteiger partial charge in [-0.3, -0.25) is 4.90 Å². The fourth-order valence-corrected chi connectivity index (χ4v) is 2.85. The molecule has 1 aromatic rings. The van der Waals surface area contributed by atoms with Crippen molar-refractivity contribution in [1.82, 2.24) is 4.90 Å². The third-order valence-corrected chi connectivity index (χ3v) is 4.03. The van der Waals surface area contributed by atoms with Crippen molar-refractivity contribution < 1.29 is 4.39 Å². The molecule has 112 valence electrons. The highest BCUT2D eigenvalue weighted by molar-refractivity contribution is 6.11. The number of rotatable bonds is 3. The fraction of sp³-hybridized carbons (Fsp3) is 0.467. The SMILES string of the molecule is N=C1C(N=C(N)Nc2ccccc2F)C1N1CCCCC1. The maximum absolute atomic E-state index is 13.5. The first-order chi connectivity index (χ1) is 10.2. The molecule has 1 saturated carbocycles. The van der Waals surface area contributed by atoms with Crippen LogP contribution in [-0.2, 0) is 0 Å². The molecular weight excluding hydrogens is 269 g/mol. The van der Waals surface area contributed by atoms with Crippen LogP contribution in [0.3, 0.4) is 0 Å². The fourth-order valence-electron chi connectivity index (χ4n) is 2.85. The van der Waals surface area contributed by atoms with E-state index in [1.165, 1.54) is 25.3 Å². The highest BCUT2D eigenvalue weighted by atomic mass is 19.1. The van der Waals surface area contributed by atoms with E-state index in [1.54, 1.807) is 18.2 Å². The van der Waals surface area contributed by atoms with Gasteiger partial charge in [-0.2, -0.15) is 0 Å². The van der Waals surface area contributed by atoms with Gasteiger partial charge in [0.05, 0.1) is 17.4 Å². The summed E-state index contributed by atoms with van der Waals surface area (Å²) < 4.78 is 13.5. The van der Waals surface area contributed by atoms with Gasteiger partial charge in [0.2, 0.25) is 0 Å². The van der Waals surface area contributed by atoms with Gasteiger partial charge in [-0.25, -0.2) is 9.38 Å². The Bertz CT molecular complexity index is 565. The van der Waals surface area contributed by atoms with Crippen LogP contribution in [0.1, 0.15) is 19.3 Å². The monoisotopic (exact) mass is 289 g/mol. The lowest BCUT2D eigenvalue weighted by atomic mass is 10.1. The Labute approximate surface area is 123 Å². The largest absolute Gasteiger partial charge is 0.370 e. The normalized spacial score (nSPS) is 26.7. The van der Waals surface area contributed by atoms with Gasteiger partial charge in [0.25, 0.3) is 0 Å². The summed E-state index contributed by atoms with van der Waals surface area (Å²) in [5, 5.41) is 10.7. The molecule has 1 saturated heterocycles. The summed E-state index contributed by atoms with van der Waals surface area (Å²) in [6.07, 6.45) is 3.63. The smallest absolute Gasteiger partial charge is 0.193 e. The van der Waals surface area contributed by atoms with Crippen LogP contribution >= 0.6 is 0 Å². The minimum Gasteiger partial charge on any atom is -0.370 e. The van der Waals surface area contributed by atoms with Crippen LogP contribution in [0.25, 0.3) is 0 Å². The molecule has 3 rings (SSSR count). The lowest BCUT2D eigenvalue weighted by Crippen LogP contribution is -2.34. The van der Waals surface area contributed by atoms with Crippen LogP contribution in [0.5, 0.6) is 0 Å². The van der Waals surface area contributed by atoms with Crippen LogP contribution in [0, 0.1) is 11.2 Å². The topological polar surface area (TPSA) is 77.5 Å². The molecule has 1 heterocycles. The summed E-state index contributed by atoms with van der Waals surface area (Å²) in [7, 11) is 0. The average Bonchev–Trinajstić information content (AvgIpc) is 3.12. The number of halogens is 1. The summed E-state index contributed by atoms with van der Waals surface area (Å²) in [4.78, 5) is 6.61. The van der Waals surface area contributed by atoms with Gasteiger partial charge >= 0.3 is 0 Å². The first-order valence-corrected chi connectivity index (χ1v) is 7.34. The highest BCUT2D eigenvalue weighted by Crippen LogP contribution is 2.29. The summed E-state index contributed by atoms with van der Waals surface area (Å²) in [5.41, 5.74) is 6.74. The van der Waals surface area contributed by atoms with Crippen molar-refractivity contribution in [2.45, 2.75) is 31.3 Å². The van der Waals surface area contributed by atoms with E-state index in [9.17, 15) is 4.39 Å². The van der Waals surface area contributed by atoms with Gasteiger partial charge in [0, 0.05) is 0 Å². The van der Waals surface area contributed by atoms with Gasteiger partial charge < -0.3 is 16.5 Å². The van der Waals surface area contributed by atoms with E-state index in [0.29, 0.717) is 11.4 Å². The molecule has 2 fully saturated rings. The van der Waals surface area contributed by atoms with Crippen molar-refractivity contribution >= 4 is 17.4 Å².